The van der Waals surface area contributed by atoms with E-state index in [1.165, 1.54) is 6.07 Å². The van der Waals surface area contributed by atoms with Gasteiger partial charge in [0.2, 0.25) is 0 Å². The van der Waals surface area contributed by atoms with E-state index < -0.39 is 11.6 Å². The Morgan fingerprint density at radius 3 is 2.27 bits per heavy atom. The molecule has 1 atom stereocenters. The molecule has 0 aliphatic heterocycles. The largest absolute Gasteiger partial charge is 0.352 e. The maximum absolute atomic E-state index is 13.4. The molecule has 0 unspecified atom stereocenters. The van der Waals surface area contributed by atoms with E-state index in [2.05, 4.69) is 16.7 Å². The SMILES string of the molecule is Cc1cccc([C@H](NC(=S)Nc2ccc(F)c(F)c2)c2ccccc2)c1. The molecule has 3 aromatic carbocycles. The van der Waals surface area contributed by atoms with Crippen molar-refractivity contribution in [1.29, 1.82) is 0 Å². The molecule has 0 aliphatic carbocycles. The quantitative estimate of drug-likeness (QED) is 0.607. The van der Waals surface area contributed by atoms with Crippen LogP contribution in [-0.2, 0) is 0 Å². The van der Waals surface area contributed by atoms with Crippen molar-refractivity contribution >= 4 is 23.0 Å². The van der Waals surface area contributed by atoms with Crippen LogP contribution in [0.2, 0.25) is 0 Å². The maximum atomic E-state index is 13.4. The summed E-state index contributed by atoms with van der Waals surface area (Å²) in [7, 11) is 0. The number of hydrogen-bond acceptors (Lipinski definition) is 1. The van der Waals surface area contributed by atoms with Gasteiger partial charge in [-0.2, -0.15) is 0 Å². The van der Waals surface area contributed by atoms with Gasteiger partial charge >= 0.3 is 0 Å². The fourth-order valence-electron chi connectivity index (χ4n) is 2.73. The minimum absolute atomic E-state index is 0.165. The number of thiocarbonyl (C=S) groups is 1. The van der Waals surface area contributed by atoms with Crippen LogP contribution in [0.5, 0.6) is 0 Å². The molecular formula is C21H18F2N2S. The van der Waals surface area contributed by atoms with E-state index in [0.29, 0.717) is 10.8 Å². The predicted molar refractivity (Wildman–Crippen MR) is 105 cm³/mol. The average Bonchev–Trinajstić information content (AvgIpc) is 2.63. The van der Waals surface area contributed by atoms with E-state index in [1.807, 2.05) is 55.5 Å². The topological polar surface area (TPSA) is 24.1 Å². The first-order valence-electron chi connectivity index (χ1n) is 8.17. The van der Waals surface area contributed by atoms with Crippen LogP contribution in [0.4, 0.5) is 14.5 Å². The van der Waals surface area contributed by atoms with E-state index in [1.54, 1.807) is 0 Å². The summed E-state index contributed by atoms with van der Waals surface area (Å²) in [6.07, 6.45) is 0. The normalized spacial score (nSPS) is 11.7. The Kier molecular flexibility index (Phi) is 5.58. The fourth-order valence-corrected chi connectivity index (χ4v) is 2.96. The van der Waals surface area contributed by atoms with Crippen LogP contribution in [0.1, 0.15) is 22.7 Å². The Hall–Kier alpha value is -2.79. The van der Waals surface area contributed by atoms with E-state index in [9.17, 15) is 8.78 Å². The highest BCUT2D eigenvalue weighted by Crippen LogP contribution is 2.23. The standard InChI is InChI=1S/C21H18F2N2S/c1-14-6-5-9-16(12-14)20(15-7-3-2-4-8-15)25-21(26)24-17-10-11-18(22)19(23)13-17/h2-13,20H,1H3,(H2,24,25,26)/t20-/m1/s1. The van der Waals surface area contributed by atoms with E-state index in [4.69, 9.17) is 12.2 Å². The summed E-state index contributed by atoms with van der Waals surface area (Å²) in [6.45, 7) is 2.03. The van der Waals surface area contributed by atoms with Gasteiger partial charge in [-0.3, -0.25) is 0 Å². The van der Waals surface area contributed by atoms with Crippen LogP contribution in [0.25, 0.3) is 0 Å². The van der Waals surface area contributed by atoms with Crippen LogP contribution in [0.15, 0.2) is 72.8 Å². The molecule has 3 rings (SSSR count). The van der Waals surface area contributed by atoms with Crippen LogP contribution in [0.3, 0.4) is 0 Å². The molecule has 26 heavy (non-hydrogen) atoms. The number of hydrogen-bond donors (Lipinski definition) is 2. The number of halogens is 2. The molecule has 0 spiro atoms. The summed E-state index contributed by atoms with van der Waals surface area (Å²) in [5, 5.41) is 6.50. The summed E-state index contributed by atoms with van der Waals surface area (Å²) in [5.41, 5.74) is 3.64. The smallest absolute Gasteiger partial charge is 0.171 e. The fraction of sp³-hybridized carbons (Fsp3) is 0.0952. The lowest BCUT2D eigenvalue weighted by molar-refractivity contribution is 0.509. The maximum Gasteiger partial charge on any atom is 0.171 e. The summed E-state index contributed by atoms with van der Waals surface area (Å²) in [6, 6.07) is 21.5. The lowest BCUT2D eigenvalue weighted by atomic mass is 9.97. The molecule has 2 nitrogen and oxygen atoms in total. The van der Waals surface area contributed by atoms with Crippen molar-refractivity contribution in [2.75, 3.05) is 5.32 Å². The molecule has 0 amide bonds. The van der Waals surface area contributed by atoms with Gasteiger partial charge in [-0.1, -0.05) is 60.2 Å². The third-order valence-corrected chi connectivity index (χ3v) is 4.18. The van der Waals surface area contributed by atoms with Crippen molar-refractivity contribution in [2.24, 2.45) is 0 Å². The van der Waals surface area contributed by atoms with Gasteiger partial charge in [0.15, 0.2) is 16.7 Å². The zero-order valence-corrected chi connectivity index (χ0v) is 15.0. The van der Waals surface area contributed by atoms with E-state index in [0.717, 1.165) is 28.8 Å². The second kappa shape index (κ2) is 8.06. The summed E-state index contributed by atoms with van der Waals surface area (Å²) in [5.74, 6) is -1.81. The minimum Gasteiger partial charge on any atom is -0.352 e. The third-order valence-electron chi connectivity index (χ3n) is 3.96. The molecule has 2 N–H and O–H groups in total. The van der Waals surface area contributed by atoms with Gasteiger partial charge in [0.1, 0.15) is 0 Å². The average molecular weight is 368 g/mol. The molecule has 0 saturated heterocycles. The second-order valence-corrected chi connectivity index (χ2v) is 6.39. The van der Waals surface area contributed by atoms with Gasteiger partial charge in [-0.25, -0.2) is 8.78 Å². The number of benzene rings is 3. The lowest BCUT2D eigenvalue weighted by Crippen LogP contribution is -2.33. The predicted octanol–water partition coefficient (Wildman–Crippen LogP) is 5.35. The van der Waals surface area contributed by atoms with Crippen molar-refractivity contribution in [1.82, 2.24) is 5.32 Å². The van der Waals surface area contributed by atoms with Gasteiger partial charge in [0, 0.05) is 11.8 Å². The Balaban J connectivity index is 1.83. The number of nitrogens with one attached hydrogen (secondary N) is 2. The van der Waals surface area contributed by atoms with Crippen molar-refractivity contribution in [3.8, 4) is 0 Å². The van der Waals surface area contributed by atoms with E-state index >= 15 is 0 Å². The molecule has 0 fully saturated rings. The number of aryl methyl sites for hydroxylation is 1. The molecule has 0 bridgehead atoms. The Labute approximate surface area is 156 Å². The van der Waals surface area contributed by atoms with Crippen LogP contribution >= 0.6 is 12.2 Å². The van der Waals surface area contributed by atoms with Gasteiger partial charge in [0.05, 0.1) is 6.04 Å². The van der Waals surface area contributed by atoms with Gasteiger partial charge < -0.3 is 10.6 Å². The van der Waals surface area contributed by atoms with E-state index in [-0.39, 0.29) is 6.04 Å². The molecule has 0 aromatic heterocycles. The van der Waals surface area contributed by atoms with Crippen molar-refractivity contribution in [3.05, 3.63) is 101 Å². The van der Waals surface area contributed by atoms with Crippen LogP contribution < -0.4 is 10.6 Å². The lowest BCUT2D eigenvalue weighted by Gasteiger charge is -2.22. The first-order chi connectivity index (χ1) is 12.5. The monoisotopic (exact) mass is 368 g/mol. The Bertz CT molecular complexity index is 913. The van der Waals surface area contributed by atoms with Gasteiger partial charge in [-0.15, -0.1) is 0 Å². The van der Waals surface area contributed by atoms with Crippen molar-refractivity contribution in [2.45, 2.75) is 13.0 Å². The zero-order chi connectivity index (χ0) is 18.5. The van der Waals surface area contributed by atoms with Crippen molar-refractivity contribution in [3.63, 3.8) is 0 Å². The van der Waals surface area contributed by atoms with Crippen LogP contribution in [-0.4, -0.2) is 5.11 Å². The van der Waals surface area contributed by atoms with Gasteiger partial charge in [-0.05, 0) is 42.4 Å². The molecule has 3 aromatic rings. The molecule has 0 aliphatic rings. The summed E-state index contributed by atoms with van der Waals surface area (Å²) in [4.78, 5) is 0. The third kappa shape index (κ3) is 4.43. The Morgan fingerprint density at radius 2 is 1.58 bits per heavy atom. The molecule has 132 valence electrons. The van der Waals surface area contributed by atoms with Gasteiger partial charge in [0.25, 0.3) is 0 Å². The second-order valence-electron chi connectivity index (χ2n) is 5.99. The first kappa shape index (κ1) is 18.0. The summed E-state index contributed by atoms with van der Waals surface area (Å²) >= 11 is 5.38. The Morgan fingerprint density at radius 1 is 0.846 bits per heavy atom. The minimum atomic E-state index is -0.920. The molecule has 0 saturated carbocycles. The number of anilines is 1. The first-order valence-corrected chi connectivity index (χ1v) is 8.58. The molecule has 0 radical (unpaired) electrons. The number of rotatable bonds is 4. The highest BCUT2D eigenvalue weighted by molar-refractivity contribution is 7.80. The molecule has 5 heteroatoms. The summed E-state index contributed by atoms with van der Waals surface area (Å²) < 4.78 is 26.5. The molecular weight excluding hydrogens is 350 g/mol. The zero-order valence-electron chi connectivity index (χ0n) is 14.2. The van der Waals surface area contributed by atoms with Crippen molar-refractivity contribution < 1.29 is 8.78 Å². The highest BCUT2D eigenvalue weighted by Gasteiger charge is 2.15. The van der Waals surface area contributed by atoms with Crippen LogP contribution in [0, 0.1) is 18.6 Å². The highest BCUT2D eigenvalue weighted by atomic mass is 32.1. The molecule has 0 heterocycles.